The second kappa shape index (κ2) is 8.09. The summed E-state index contributed by atoms with van der Waals surface area (Å²) < 4.78 is 1.86. The molecule has 7 nitrogen and oxygen atoms in total. The molecular weight excluding hydrogens is 426 g/mol. The van der Waals surface area contributed by atoms with Crippen LogP contribution in [0.5, 0.6) is 0 Å². The van der Waals surface area contributed by atoms with Gasteiger partial charge >= 0.3 is 0 Å². The van der Waals surface area contributed by atoms with Crippen molar-refractivity contribution in [2.24, 2.45) is 0 Å². The van der Waals surface area contributed by atoms with Crippen LogP contribution in [0.3, 0.4) is 0 Å². The maximum absolute atomic E-state index is 13.4. The fourth-order valence-corrected chi connectivity index (χ4v) is 4.21. The molecule has 3 heterocycles. The average molecular weight is 446 g/mol. The van der Waals surface area contributed by atoms with Gasteiger partial charge in [0.2, 0.25) is 11.9 Å². The lowest BCUT2D eigenvalue weighted by Crippen LogP contribution is -2.31. The molecule has 32 heavy (non-hydrogen) atoms. The van der Waals surface area contributed by atoms with Gasteiger partial charge in [0, 0.05) is 23.1 Å². The Morgan fingerprint density at radius 2 is 1.97 bits per heavy atom. The van der Waals surface area contributed by atoms with Crippen LogP contribution in [0, 0.1) is 6.92 Å². The van der Waals surface area contributed by atoms with Crippen molar-refractivity contribution in [1.29, 1.82) is 0 Å². The van der Waals surface area contributed by atoms with Gasteiger partial charge in [-0.05, 0) is 48.4 Å². The average Bonchev–Trinajstić information content (AvgIpc) is 3.28. The Kier molecular flexibility index (Phi) is 5.11. The van der Waals surface area contributed by atoms with Gasteiger partial charge in [0.05, 0.1) is 24.0 Å². The Hall–Kier alpha value is -3.71. The number of halogens is 1. The van der Waals surface area contributed by atoms with Gasteiger partial charge in [0.15, 0.2) is 0 Å². The number of para-hydroxylation sites is 2. The molecule has 0 fully saturated rings. The maximum Gasteiger partial charge on any atom is 0.253 e. The maximum atomic E-state index is 13.4. The van der Waals surface area contributed by atoms with Crippen LogP contribution in [-0.4, -0.2) is 26.3 Å². The quantitative estimate of drug-likeness (QED) is 0.490. The highest BCUT2D eigenvalue weighted by atomic mass is 35.5. The number of fused-ring (bicyclic) bond motifs is 3. The smallest absolute Gasteiger partial charge is 0.253 e. The molecule has 1 N–H and O–H groups in total. The number of hydrogen-bond donors (Lipinski definition) is 1. The van der Waals surface area contributed by atoms with Gasteiger partial charge in [-0.15, -0.1) is 0 Å². The molecule has 0 bridgehead atoms. The zero-order valence-corrected chi connectivity index (χ0v) is 18.1. The van der Waals surface area contributed by atoms with Gasteiger partial charge in [-0.25, -0.2) is 4.98 Å². The van der Waals surface area contributed by atoms with Crippen molar-refractivity contribution in [3.8, 4) is 0 Å². The number of rotatable bonds is 5. The molecule has 2 amide bonds. The molecule has 0 radical (unpaired) electrons. The Balaban J connectivity index is 1.48. The molecule has 2 aromatic heterocycles. The number of nitrogens with zero attached hydrogens (tertiary/aromatic N) is 4. The number of carbonyl (C=O) groups is 2. The largest absolute Gasteiger partial charge is 0.326 e. The van der Waals surface area contributed by atoms with Crippen LogP contribution in [0.15, 0.2) is 67.0 Å². The van der Waals surface area contributed by atoms with Crippen LogP contribution in [0.4, 0.5) is 11.6 Å². The summed E-state index contributed by atoms with van der Waals surface area (Å²) in [4.78, 5) is 36.8. The highest BCUT2D eigenvalue weighted by Crippen LogP contribution is 2.37. The van der Waals surface area contributed by atoms with E-state index in [1.54, 1.807) is 35.5 Å². The number of nitrogens with one attached hydrogen (secondary N) is 1. The highest BCUT2D eigenvalue weighted by Gasteiger charge is 2.40. The molecule has 1 atom stereocenters. The van der Waals surface area contributed by atoms with Crippen molar-refractivity contribution < 1.29 is 9.59 Å². The van der Waals surface area contributed by atoms with E-state index in [0.717, 1.165) is 22.2 Å². The Bertz CT molecular complexity index is 1330. The minimum Gasteiger partial charge on any atom is -0.326 e. The third-order valence-corrected chi connectivity index (χ3v) is 6.07. The molecular formula is C24H20ClN5O2. The molecule has 0 saturated heterocycles. The summed E-state index contributed by atoms with van der Waals surface area (Å²) in [6.07, 6.45) is 3.40. The second-order valence-electron chi connectivity index (χ2n) is 7.74. The highest BCUT2D eigenvalue weighted by molar-refractivity contribution is 6.31. The molecule has 4 aromatic rings. The predicted octanol–water partition coefficient (Wildman–Crippen LogP) is 4.51. The fourth-order valence-electron chi connectivity index (χ4n) is 4.04. The Morgan fingerprint density at radius 1 is 1.12 bits per heavy atom. The Morgan fingerprint density at radius 3 is 2.78 bits per heavy atom. The van der Waals surface area contributed by atoms with Crippen molar-refractivity contribution >= 4 is 46.1 Å². The number of anilines is 2. The molecule has 160 valence electrons. The van der Waals surface area contributed by atoms with Crippen LogP contribution in [0.1, 0.15) is 23.6 Å². The monoisotopic (exact) mass is 445 g/mol. The summed E-state index contributed by atoms with van der Waals surface area (Å²) in [5, 5.41) is 3.47. The fraction of sp³-hybridized carbons (Fsp3) is 0.167. The summed E-state index contributed by atoms with van der Waals surface area (Å²) in [5.41, 5.74) is 3.91. The number of pyridine rings is 1. The zero-order valence-electron chi connectivity index (χ0n) is 17.3. The number of benzene rings is 2. The summed E-state index contributed by atoms with van der Waals surface area (Å²) in [6.45, 7) is 2.18. The minimum absolute atomic E-state index is 0.0122. The molecule has 2 aromatic carbocycles. The van der Waals surface area contributed by atoms with Gasteiger partial charge in [-0.2, -0.15) is 0 Å². The number of carbonyl (C=O) groups excluding carboxylic acids is 2. The van der Waals surface area contributed by atoms with E-state index < -0.39 is 6.04 Å². The van der Waals surface area contributed by atoms with Gasteiger partial charge < -0.3 is 5.32 Å². The van der Waals surface area contributed by atoms with E-state index >= 15 is 0 Å². The van der Waals surface area contributed by atoms with Crippen molar-refractivity contribution in [2.75, 3.05) is 10.2 Å². The Labute approximate surface area is 189 Å². The molecule has 5 rings (SSSR count). The molecule has 0 saturated carbocycles. The third-order valence-electron chi connectivity index (χ3n) is 5.67. The number of imidazole rings is 1. The number of aromatic nitrogens is 3. The van der Waals surface area contributed by atoms with E-state index in [1.165, 1.54) is 0 Å². The SMILES string of the molecule is Cc1c(Cl)cccc1NC(=O)CC1C(=O)N(Cc2cccnc2)c2nc3ccccc3n21. The van der Waals surface area contributed by atoms with E-state index in [2.05, 4.69) is 15.3 Å². The standard InChI is InChI=1S/C24H20ClN5O2/c1-15-17(25)7-4-9-18(15)27-22(31)12-21-23(32)29(14-16-6-5-11-26-13-16)24-28-19-8-2-3-10-20(19)30(21)24/h2-11,13,21H,12,14H2,1H3,(H,27,31). The zero-order chi connectivity index (χ0) is 22.2. The van der Waals surface area contributed by atoms with E-state index in [-0.39, 0.29) is 18.2 Å². The van der Waals surface area contributed by atoms with E-state index in [1.807, 2.05) is 47.9 Å². The molecule has 1 unspecified atom stereocenters. The van der Waals surface area contributed by atoms with Crippen LogP contribution in [0.2, 0.25) is 5.02 Å². The molecule has 8 heteroatoms. The van der Waals surface area contributed by atoms with E-state index in [9.17, 15) is 9.59 Å². The lowest BCUT2D eigenvalue weighted by Gasteiger charge is -2.16. The van der Waals surface area contributed by atoms with E-state index in [0.29, 0.717) is 23.2 Å². The first-order valence-corrected chi connectivity index (χ1v) is 10.6. The second-order valence-corrected chi connectivity index (χ2v) is 8.14. The number of hydrogen-bond acceptors (Lipinski definition) is 4. The normalized spacial score (nSPS) is 15.2. The number of amides is 2. The molecule has 0 aliphatic carbocycles. The topological polar surface area (TPSA) is 80.1 Å². The summed E-state index contributed by atoms with van der Waals surface area (Å²) in [7, 11) is 0. The van der Waals surface area contributed by atoms with Crippen molar-refractivity contribution in [3.05, 3.63) is 83.1 Å². The lowest BCUT2D eigenvalue weighted by molar-refractivity contribution is -0.124. The van der Waals surface area contributed by atoms with Crippen molar-refractivity contribution in [1.82, 2.24) is 14.5 Å². The first-order valence-electron chi connectivity index (χ1n) is 10.2. The third kappa shape index (κ3) is 3.50. The first kappa shape index (κ1) is 20.2. The van der Waals surface area contributed by atoms with Crippen LogP contribution in [-0.2, 0) is 16.1 Å². The van der Waals surface area contributed by atoms with Crippen molar-refractivity contribution in [2.45, 2.75) is 25.9 Å². The summed E-state index contributed by atoms with van der Waals surface area (Å²) in [5.74, 6) is 0.109. The van der Waals surface area contributed by atoms with Gasteiger partial charge in [-0.1, -0.05) is 35.9 Å². The van der Waals surface area contributed by atoms with Gasteiger partial charge in [0.25, 0.3) is 5.91 Å². The summed E-state index contributed by atoms with van der Waals surface area (Å²) in [6, 6.07) is 16.0. The lowest BCUT2D eigenvalue weighted by atomic mass is 10.1. The van der Waals surface area contributed by atoms with Crippen LogP contribution in [0.25, 0.3) is 11.0 Å². The van der Waals surface area contributed by atoms with Gasteiger partial charge in [0.1, 0.15) is 6.04 Å². The molecule has 1 aliphatic heterocycles. The first-order chi connectivity index (χ1) is 15.5. The van der Waals surface area contributed by atoms with Crippen LogP contribution < -0.4 is 10.2 Å². The summed E-state index contributed by atoms with van der Waals surface area (Å²) >= 11 is 6.17. The van der Waals surface area contributed by atoms with E-state index in [4.69, 9.17) is 11.6 Å². The molecule has 0 spiro atoms. The molecule has 1 aliphatic rings. The van der Waals surface area contributed by atoms with Crippen molar-refractivity contribution in [3.63, 3.8) is 0 Å². The predicted molar refractivity (Wildman–Crippen MR) is 124 cm³/mol. The van der Waals surface area contributed by atoms with Crippen LogP contribution >= 0.6 is 11.6 Å². The minimum atomic E-state index is -0.687. The van der Waals surface area contributed by atoms with Gasteiger partial charge in [-0.3, -0.25) is 24.0 Å².